The van der Waals surface area contributed by atoms with Gasteiger partial charge < -0.3 is 15.5 Å². The average Bonchev–Trinajstić information content (AvgIpc) is 3.04. The summed E-state index contributed by atoms with van der Waals surface area (Å²) in [5, 5.41) is 14.1. The molecule has 3 rings (SSSR count). The smallest absolute Gasteiger partial charge is 0.286 e. The molecule has 1 saturated heterocycles. The van der Waals surface area contributed by atoms with E-state index < -0.39 is 5.91 Å². The van der Waals surface area contributed by atoms with Gasteiger partial charge in [0.2, 0.25) is 10.0 Å². The van der Waals surface area contributed by atoms with Crippen LogP contribution in [0.5, 0.6) is 0 Å². The topological polar surface area (TPSA) is 87.2 Å². The van der Waals surface area contributed by atoms with Crippen LogP contribution in [-0.4, -0.2) is 53.1 Å². The van der Waals surface area contributed by atoms with E-state index in [1.807, 2.05) is 0 Å². The molecule has 1 aromatic carbocycles. The summed E-state index contributed by atoms with van der Waals surface area (Å²) in [6.07, 6.45) is 6.05. The molecule has 0 atom stereocenters. The van der Waals surface area contributed by atoms with Gasteiger partial charge in [-0.05, 0) is 57.1 Å². The van der Waals surface area contributed by atoms with Crippen molar-refractivity contribution in [2.24, 2.45) is 0 Å². The number of likely N-dealkylation sites (tertiary alicyclic amines) is 1. The van der Waals surface area contributed by atoms with Gasteiger partial charge in [0, 0.05) is 17.3 Å². The Morgan fingerprint density at radius 2 is 1.79 bits per heavy atom. The average molecular weight is 422 g/mol. The minimum Gasteiger partial charge on any atom is -0.350 e. The zero-order valence-electron chi connectivity index (χ0n) is 15.6. The van der Waals surface area contributed by atoms with Gasteiger partial charge in [0.15, 0.2) is 0 Å². The zero-order valence-corrected chi connectivity index (χ0v) is 17.2. The lowest BCUT2D eigenvalue weighted by atomic mass is 10.2. The highest BCUT2D eigenvalue weighted by Crippen LogP contribution is 2.17. The summed E-state index contributed by atoms with van der Waals surface area (Å²) in [5.74, 6) is -0.713. The largest absolute Gasteiger partial charge is 0.350 e. The van der Waals surface area contributed by atoms with Gasteiger partial charge in [0.25, 0.3) is 11.8 Å². The molecule has 1 aliphatic heterocycles. The molecule has 0 unspecified atom stereocenters. The summed E-state index contributed by atoms with van der Waals surface area (Å²) in [6.45, 7) is 3.87. The first-order valence-electron chi connectivity index (χ1n) is 9.53. The van der Waals surface area contributed by atoms with Crippen molar-refractivity contribution in [2.45, 2.75) is 32.1 Å². The van der Waals surface area contributed by atoms with Gasteiger partial charge in [-0.2, -0.15) is 0 Å². The van der Waals surface area contributed by atoms with Crippen LogP contribution < -0.4 is 10.6 Å². The minimum absolute atomic E-state index is 0.134. The Kier molecular flexibility index (Phi) is 7.76. The van der Waals surface area contributed by atoms with Crippen LogP contribution in [0.3, 0.4) is 0 Å². The molecule has 0 saturated carbocycles. The van der Waals surface area contributed by atoms with E-state index in [0.717, 1.165) is 37.4 Å². The van der Waals surface area contributed by atoms with Crippen LogP contribution in [0.2, 0.25) is 5.02 Å². The molecule has 1 aromatic heterocycles. The number of hydrogen-bond donors (Lipinski definition) is 2. The molecule has 28 heavy (non-hydrogen) atoms. The second kappa shape index (κ2) is 10.5. The summed E-state index contributed by atoms with van der Waals surface area (Å²) < 4.78 is 0. The fourth-order valence-electron chi connectivity index (χ4n) is 3.10. The lowest BCUT2D eigenvalue weighted by molar-refractivity contribution is 0.0949. The molecule has 2 amide bonds. The Balaban J connectivity index is 1.43. The van der Waals surface area contributed by atoms with Crippen molar-refractivity contribution in [1.29, 1.82) is 0 Å². The van der Waals surface area contributed by atoms with Crippen LogP contribution >= 0.6 is 22.9 Å². The molecule has 2 heterocycles. The quantitative estimate of drug-likeness (QED) is 0.668. The van der Waals surface area contributed by atoms with E-state index in [1.165, 1.54) is 25.7 Å². The van der Waals surface area contributed by atoms with Gasteiger partial charge in [-0.3, -0.25) is 9.59 Å². The van der Waals surface area contributed by atoms with E-state index in [0.29, 0.717) is 17.3 Å². The van der Waals surface area contributed by atoms with E-state index in [-0.39, 0.29) is 15.9 Å². The standard InChI is InChI=1S/C19H24ClN5O2S/c20-14-7-5-8-15(13-14)22-17(27)19-24-23-18(28-19)16(26)21-9-6-12-25-10-3-1-2-4-11-25/h5,7-8,13H,1-4,6,9-12H2,(H,21,26)(H,22,27). The summed E-state index contributed by atoms with van der Waals surface area (Å²) in [7, 11) is 0. The predicted molar refractivity (Wildman–Crippen MR) is 111 cm³/mol. The second-order valence-corrected chi connectivity index (χ2v) is 8.16. The zero-order chi connectivity index (χ0) is 19.8. The van der Waals surface area contributed by atoms with Crippen molar-refractivity contribution in [3.63, 3.8) is 0 Å². The number of benzene rings is 1. The molecule has 0 aliphatic carbocycles. The number of anilines is 1. The number of carbonyl (C=O) groups excluding carboxylic acids is 2. The lowest BCUT2D eigenvalue weighted by Crippen LogP contribution is -2.30. The molecule has 0 bridgehead atoms. The van der Waals surface area contributed by atoms with Crippen molar-refractivity contribution in [2.75, 3.05) is 31.5 Å². The third-order valence-electron chi connectivity index (χ3n) is 4.53. The first kappa shape index (κ1) is 20.7. The Hall–Kier alpha value is -2.03. The first-order valence-corrected chi connectivity index (χ1v) is 10.7. The number of amides is 2. The van der Waals surface area contributed by atoms with E-state index in [1.54, 1.807) is 24.3 Å². The molecule has 9 heteroatoms. The fraction of sp³-hybridized carbons (Fsp3) is 0.474. The molecule has 7 nitrogen and oxygen atoms in total. The third kappa shape index (κ3) is 6.25. The fourth-order valence-corrected chi connectivity index (χ4v) is 3.94. The van der Waals surface area contributed by atoms with Crippen molar-refractivity contribution >= 4 is 40.4 Å². The first-order chi connectivity index (χ1) is 13.6. The summed E-state index contributed by atoms with van der Waals surface area (Å²) in [4.78, 5) is 26.9. The molecule has 1 fully saturated rings. The van der Waals surface area contributed by atoms with Gasteiger partial charge >= 0.3 is 0 Å². The third-order valence-corrected chi connectivity index (χ3v) is 5.69. The maximum Gasteiger partial charge on any atom is 0.286 e. The van der Waals surface area contributed by atoms with Crippen LogP contribution in [0, 0.1) is 0 Å². The highest BCUT2D eigenvalue weighted by molar-refractivity contribution is 7.15. The van der Waals surface area contributed by atoms with Gasteiger partial charge in [0.05, 0.1) is 0 Å². The highest BCUT2D eigenvalue weighted by atomic mass is 35.5. The van der Waals surface area contributed by atoms with E-state index in [2.05, 4.69) is 25.7 Å². The number of rotatable bonds is 7. The Bertz CT molecular complexity index is 805. The summed E-state index contributed by atoms with van der Waals surface area (Å²) >= 11 is 6.88. The Morgan fingerprint density at radius 1 is 1.07 bits per heavy atom. The molecule has 2 N–H and O–H groups in total. The van der Waals surface area contributed by atoms with E-state index >= 15 is 0 Å². The molecular weight excluding hydrogens is 398 g/mol. The van der Waals surface area contributed by atoms with Crippen molar-refractivity contribution in [3.8, 4) is 0 Å². The summed E-state index contributed by atoms with van der Waals surface area (Å²) in [5.41, 5.74) is 0.562. The van der Waals surface area contributed by atoms with Crippen LogP contribution in [0.4, 0.5) is 5.69 Å². The number of aromatic nitrogens is 2. The SMILES string of the molecule is O=C(NCCCN1CCCCCC1)c1nnc(C(=O)Nc2cccc(Cl)c2)s1. The summed E-state index contributed by atoms with van der Waals surface area (Å²) in [6, 6.07) is 6.82. The number of nitrogens with zero attached hydrogens (tertiary/aromatic N) is 3. The molecule has 2 aromatic rings. The Labute approximate surface area is 173 Å². The predicted octanol–water partition coefficient (Wildman–Crippen LogP) is 3.44. The second-order valence-electron chi connectivity index (χ2n) is 6.74. The number of nitrogens with one attached hydrogen (secondary N) is 2. The van der Waals surface area contributed by atoms with Crippen LogP contribution in [0.1, 0.15) is 51.7 Å². The Morgan fingerprint density at radius 3 is 2.50 bits per heavy atom. The van der Waals surface area contributed by atoms with Crippen LogP contribution in [0.25, 0.3) is 0 Å². The molecule has 0 spiro atoms. The number of hydrogen-bond acceptors (Lipinski definition) is 6. The number of carbonyl (C=O) groups is 2. The van der Waals surface area contributed by atoms with Crippen molar-refractivity contribution < 1.29 is 9.59 Å². The van der Waals surface area contributed by atoms with E-state index in [9.17, 15) is 9.59 Å². The van der Waals surface area contributed by atoms with Crippen molar-refractivity contribution in [1.82, 2.24) is 20.4 Å². The molecule has 1 aliphatic rings. The normalized spacial score (nSPS) is 15.0. The molecule has 0 radical (unpaired) electrons. The molecular formula is C19H24ClN5O2S. The number of halogens is 1. The highest BCUT2D eigenvalue weighted by Gasteiger charge is 2.17. The molecule has 150 valence electrons. The van der Waals surface area contributed by atoms with Crippen LogP contribution in [0.15, 0.2) is 24.3 Å². The van der Waals surface area contributed by atoms with Gasteiger partial charge in [-0.15, -0.1) is 10.2 Å². The van der Waals surface area contributed by atoms with Gasteiger partial charge in [-0.1, -0.05) is 41.8 Å². The maximum absolute atomic E-state index is 12.2. The van der Waals surface area contributed by atoms with Gasteiger partial charge in [0.1, 0.15) is 0 Å². The van der Waals surface area contributed by atoms with Gasteiger partial charge in [-0.25, -0.2) is 0 Å². The monoisotopic (exact) mass is 421 g/mol. The minimum atomic E-state index is -0.417. The van der Waals surface area contributed by atoms with Crippen LogP contribution in [-0.2, 0) is 0 Å². The van der Waals surface area contributed by atoms with Crippen molar-refractivity contribution in [3.05, 3.63) is 39.3 Å². The van der Waals surface area contributed by atoms with E-state index in [4.69, 9.17) is 11.6 Å². The maximum atomic E-state index is 12.2. The lowest BCUT2D eigenvalue weighted by Gasteiger charge is -2.19.